The minimum atomic E-state index is -0.355. The summed E-state index contributed by atoms with van der Waals surface area (Å²) in [6.45, 7) is 9.21. The fourth-order valence-corrected chi connectivity index (χ4v) is 2.66. The number of aliphatic imine (C=N–C) groups is 1. The summed E-state index contributed by atoms with van der Waals surface area (Å²) in [6, 6.07) is 6.11. The molecule has 124 valence electrons. The zero-order valence-electron chi connectivity index (χ0n) is 14.5. The van der Waals surface area contributed by atoms with E-state index in [0.717, 1.165) is 42.6 Å². The zero-order valence-corrected chi connectivity index (χ0v) is 14.5. The molecule has 2 heterocycles. The van der Waals surface area contributed by atoms with Gasteiger partial charge in [0.25, 0.3) is 0 Å². The lowest BCUT2D eigenvalue weighted by atomic mass is 9.79. The molecule has 2 aliphatic heterocycles. The molecule has 1 aromatic rings. The highest BCUT2D eigenvalue weighted by Crippen LogP contribution is 2.37. The normalized spacial score (nSPS) is 23.2. The van der Waals surface area contributed by atoms with Crippen LogP contribution in [0.15, 0.2) is 23.2 Å². The number of hydrogen-bond donors (Lipinski definition) is 2. The van der Waals surface area contributed by atoms with Gasteiger partial charge in [0.2, 0.25) is 0 Å². The lowest BCUT2D eigenvalue weighted by Crippen LogP contribution is -2.41. The second-order valence-electron chi connectivity index (χ2n) is 7.22. The first-order valence-electron chi connectivity index (χ1n) is 8.40. The van der Waals surface area contributed by atoms with Gasteiger partial charge in [0.1, 0.15) is 0 Å². The average molecular weight is 315 g/mol. The van der Waals surface area contributed by atoms with E-state index in [-0.39, 0.29) is 18.3 Å². The third-order valence-electron chi connectivity index (χ3n) is 4.88. The number of benzene rings is 1. The van der Waals surface area contributed by atoms with Crippen LogP contribution in [0.1, 0.15) is 47.0 Å². The SMILES string of the molecule is CC1(C)OB(c2ccc3c(c2)NNCCCCC=N3)OC1(C)C. The van der Waals surface area contributed by atoms with Gasteiger partial charge in [-0.25, -0.2) is 5.43 Å². The topological polar surface area (TPSA) is 54.9 Å². The quantitative estimate of drug-likeness (QED) is 0.783. The predicted octanol–water partition coefficient (Wildman–Crippen LogP) is 2.79. The van der Waals surface area contributed by atoms with Gasteiger partial charge in [-0.2, -0.15) is 0 Å². The molecule has 1 aromatic carbocycles. The van der Waals surface area contributed by atoms with Crippen molar-refractivity contribution in [3.05, 3.63) is 18.2 Å². The number of hydrogen-bond acceptors (Lipinski definition) is 5. The van der Waals surface area contributed by atoms with Gasteiger partial charge < -0.3 is 14.7 Å². The first-order valence-corrected chi connectivity index (χ1v) is 8.40. The fraction of sp³-hybridized carbons (Fsp3) is 0.588. The number of fused-ring (bicyclic) bond motifs is 1. The summed E-state index contributed by atoms with van der Waals surface area (Å²) in [5, 5.41) is 0. The van der Waals surface area contributed by atoms with Gasteiger partial charge >= 0.3 is 7.12 Å². The molecule has 23 heavy (non-hydrogen) atoms. The van der Waals surface area contributed by atoms with Crippen LogP contribution in [0.2, 0.25) is 0 Å². The standard InChI is InChI=1S/C17H26BN3O2/c1-16(2)17(3,4)23-18(22-16)13-8-9-14-15(12-13)21-20-11-7-5-6-10-19-14/h8-10,12,20-21H,5-7,11H2,1-4H3. The van der Waals surface area contributed by atoms with Crippen LogP contribution in [0.4, 0.5) is 11.4 Å². The summed E-state index contributed by atoms with van der Waals surface area (Å²) in [5.41, 5.74) is 8.74. The Kier molecular flexibility index (Phi) is 4.49. The number of anilines is 1. The summed E-state index contributed by atoms with van der Waals surface area (Å²) in [5.74, 6) is 0. The number of nitrogens with one attached hydrogen (secondary N) is 2. The van der Waals surface area contributed by atoms with Gasteiger partial charge in [0.15, 0.2) is 0 Å². The molecule has 1 fully saturated rings. The van der Waals surface area contributed by atoms with Crippen molar-refractivity contribution < 1.29 is 9.31 Å². The van der Waals surface area contributed by atoms with Gasteiger partial charge in [0, 0.05) is 12.8 Å². The maximum Gasteiger partial charge on any atom is 0.494 e. The van der Waals surface area contributed by atoms with Crippen molar-refractivity contribution in [3.63, 3.8) is 0 Å². The molecule has 6 heteroatoms. The Labute approximate surface area is 139 Å². The summed E-state index contributed by atoms with van der Waals surface area (Å²) < 4.78 is 12.3. The molecule has 3 rings (SSSR count). The van der Waals surface area contributed by atoms with Gasteiger partial charge in [0.05, 0.1) is 22.6 Å². The molecule has 0 unspecified atom stereocenters. The molecule has 2 aliphatic rings. The number of hydrazine groups is 1. The van der Waals surface area contributed by atoms with E-state index in [1.165, 1.54) is 0 Å². The Morgan fingerprint density at radius 2 is 1.83 bits per heavy atom. The zero-order chi connectivity index (χ0) is 16.5. The van der Waals surface area contributed by atoms with Crippen molar-refractivity contribution in [1.29, 1.82) is 0 Å². The molecule has 0 saturated carbocycles. The van der Waals surface area contributed by atoms with Crippen LogP contribution in [0.3, 0.4) is 0 Å². The molecule has 5 nitrogen and oxygen atoms in total. The molecule has 2 N–H and O–H groups in total. The van der Waals surface area contributed by atoms with Crippen LogP contribution in [0.5, 0.6) is 0 Å². The maximum absolute atomic E-state index is 6.13. The van der Waals surface area contributed by atoms with Gasteiger partial charge in [-0.1, -0.05) is 6.07 Å². The van der Waals surface area contributed by atoms with E-state index in [2.05, 4.69) is 49.6 Å². The minimum absolute atomic E-state index is 0.332. The lowest BCUT2D eigenvalue weighted by Gasteiger charge is -2.32. The Morgan fingerprint density at radius 1 is 1.09 bits per heavy atom. The Bertz CT molecular complexity index is 586. The van der Waals surface area contributed by atoms with Crippen molar-refractivity contribution in [2.45, 2.75) is 58.2 Å². The highest BCUT2D eigenvalue weighted by molar-refractivity contribution is 6.62. The summed E-state index contributed by atoms with van der Waals surface area (Å²) in [4.78, 5) is 4.56. The summed E-state index contributed by atoms with van der Waals surface area (Å²) >= 11 is 0. The molecule has 0 atom stereocenters. The van der Waals surface area contributed by atoms with Gasteiger partial charge in [-0.05, 0) is 64.6 Å². The smallest absolute Gasteiger partial charge is 0.399 e. The molecule has 0 bridgehead atoms. The van der Waals surface area contributed by atoms with Gasteiger partial charge in [-0.3, -0.25) is 4.99 Å². The van der Waals surface area contributed by atoms with E-state index in [9.17, 15) is 0 Å². The minimum Gasteiger partial charge on any atom is -0.399 e. The highest BCUT2D eigenvalue weighted by atomic mass is 16.7. The van der Waals surface area contributed by atoms with E-state index in [1.54, 1.807) is 0 Å². The number of nitrogens with zero attached hydrogens (tertiary/aromatic N) is 1. The second-order valence-corrected chi connectivity index (χ2v) is 7.22. The van der Waals surface area contributed by atoms with E-state index in [1.807, 2.05) is 18.3 Å². The molecular weight excluding hydrogens is 289 g/mol. The highest BCUT2D eigenvalue weighted by Gasteiger charge is 2.51. The largest absolute Gasteiger partial charge is 0.494 e. The van der Waals surface area contributed by atoms with Crippen LogP contribution in [0.25, 0.3) is 0 Å². The summed E-state index contributed by atoms with van der Waals surface area (Å²) in [7, 11) is -0.355. The van der Waals surface area contributed by atoms with Crippen LogP contribution in [-0.4, -0.2) is 31.1 Å². The summed E-state index contributed by atoms with van der Waals surface area (Å²) in [6.07, 6.45) is 5.30. The number of rotatable bonds is 1. The average Bonchev–Trinajstić information content (AvgIpc) is 2.72. The van der Waals surface area contributed by atoms with E-state index in [4.69, 9.17) is 9.31 Å². The Hall–Kier alpha value is -1.37. The Balaban J connectivity index is 1.86. The molecule has 0 radical (unpaired) electrons. The molecule has 0 aromatic heterocycles. The molecule has 0 amide bonds. The lowest BCUT2D eigenvalue weighted by molar-refractivity contribution is 0.00578. The van der Waals surface area contributed by atoms with Crippen LogP contribution in [-0.2, 0) is 9.31 Å². The van der Waals surface area contributed by atoms with Crippen molar-refractivity contribution in [2.24, 2.45) is 4.99 Å². The van der Waals surface area contributed by atoms with Crippen molar-refractivity contribution in [2.75, 3.05) is 12.0 Å². The fourth-order valence-electron chi connectivity index (χ4n) is 2.66. The third-order valence-corrected chi connectivity index (χ3v) is 4.88. The third kappa shape index (κ3) is 3.44. The van der Waals surface area contributed by atoms with Crippen molar-refractivity contribution in [3.8, 4) is 0 Å². The molecule has 0 aliphatic carbocycles. The van der Waals surface area contributed by atoms with Crippen LogP contribution < -0.4 is 16.3 Å². The first-order chi connectivity index (χ1) is 10.9. The van der Waals surface area contributed by atoms with Crippen molar-refractivity contribution in [1.82, 2.24) is 5.43 Å². The second kappa shape index (κ2) is 6.26. The van der Waals surface area contributed by atoms with E-state index >= 15 is 0 Å². The molecular formula is C17H26BN3O2. The first kappa shape index (κ1) is 16.5. The van der Waals surface area contributed by atoms with E-state index < -0.39 is 0 Å². The monoisotopic (exact) mass is 315 g/mol. The predicted molar refractivity (Wildman–Crippen MR) is 95.8 cm³/mol. The van der Waals surface area contributed by atoms with Crippen LogP contribution in [0, 0.1) is 0 Å². The van der Waals surface area contributed by atoms with E-state index in [0.29, 0.717) is 0 Å². The molecule has 1 saturated heterocycles. The van der Waals surface area contributed by atoms with Gasteiger partial charge in [-0.15, -0.1) is 0 Å². The molecule has 0 spiro atoms. The van der Waals surface area contributed by atoms with Crippen molar-refractivity contribution >= 4 is 30.2 Å². The Morgan fingerprint density at radius 3 is 2.57 bits per heavy atom. The van der Waals surface area contributed by atoms with Crippen LogP contribution >= 0.6 is 0 Å². The maximum atomic E-state index is 6.13.